The third-order valence-corrected chi connectivity index (χ3v) is 9.72. The molecule has 0 heterocycles. The number of phenols is 1. The van der Waals surface area contributed by atoms with Crippen LogP contribution in [0.25, 0.3) is 21.5 Å². The number of benzene rings is 5. The predicted molar refractivity (Wildman–Crippen MR) is 172 cm³/mol. The van der Waals surface area contributed by atoms with Crippen LogP contribution in [0.5, 0.6) is 5.75 Å². The molecule has 5 rings (SSSR count). The summed E-state index contributed by atoms with van der Waals surface area (Å²) in [5.74, 6) is -3.78. The van der Waals surface area contributed by atoms with Crippen molar-refractivity contribution >= 4 is 93.5 Å². The predicted octanol–water partition coefficient (Wildman–Crippen LogP) is 5.09. The standard InChI is InChI=1S/C28H19N3O13S4/c32-25-23-14(10-16(46(36,37)38)12-21(23)29-27(33)18-3-1-2-4-19(18)28(34)35)11-22(47(39,40)41)24(25)31-30-20-8-5-13-9-15(45)6-7-17(13)26(20)48(42,43)44/h1-12,32,45H,(H,29,33)(H,34,35)(H,36,37,38)(H,39,40,41)(H,42,43,44). The van der Waals surface area contributed by atoms with E-state index in [1.54, 1.807) is 0 Å². The van der Waals surface area contributed by atoms with Gasteiger partial charge in [-0.05, 0) is 59.3 Å². The van der Waals surface area contributed by atoms with Gasteiger partial charge in [0.15, 0.2) is 5.75 Å². The van der Waals surface area contributed by atoms with Gasteiger partial charge in [-0.3, -0.25) is 18.5 Å². The molecule has 20 heteroatoms. The number of rotatable bonds is 8. The highest BCUT2D eigenvalue weighted by atomic mass is 32.2. The van der Waals surface area contributed by atoms with Crippen LogP contribution in [0.4, 0.5) is 17.1 Å². The van der Waals surface area contributed by atoms with Crippen LogP contribution in [0, 0.1) is 0 Å². The van der Waals surface area contributed by atoms with Crippen LogP contribution >= 0.6 is 12.6 Å². The van der Waals surface area contributed by atoms with Crippen molar-refractivity contribution in [1.82, 2.24) is 0 Å². The molecule has 0 aromatic heterocycles. The number of aromatic carboxylic acids is 1. The number of thiol groups is 1. The van der Waals surface area contributed by atoms with E-state index in [4.69, 9.17) is 0 Å². The highest BCUT2D eigenvalue weighted by Crippen LogP contribution is 2.46. The Morgan fingerprint density at radius 1 is 0.729 bits per heavy atom. The van der Waals surface area contributed by atoms with Crippen LogP contribution in [-0.4, -0.2) is 61.0 Å². The smallest absolute Gasteiger partial charge is 0.336 e. The quantitative estimate of drug-likeness (QED) is 0.0622. The molecule has 0 saturated heterocycles. The normalized spacial score (nSPS) is 12.5. The number of carbonyl (C=O) groups is 2. The molecular weight excluding hydrogens is 715 g/mol. The number of fused-ring (bicyclic) bond motifs is 2. The zero-order valence-electron chi connectivity index (χ0n) is 23.5. The summed E-state index contributed by atoms with van der Waals surface area (Å²) < 4.78 is 103. The molecule has 0 aliphatic heterocycles. The molecule has 16 nitrogen and oxygen atoms in total. The molecule has 0 aliphatic rings. The summed E-state index contributed by atoms with van der Waals surface area (Å²) in [5.41, 5.74) is -3.05. The first kappa shape index (κ1) is 34.4. The van der Waals surface area contributed by atoms with E-state index in [9.17, 15) is 58.7 Å². The lowest BCUT2D eigenvalue weighted by molar-refractivity contribution is 0.0692. The molecule has 0 fully saturated rings. The molecule has 1 amide bonds. The van der Waals surface area contributed by atoms with Crippen LogP contribution < -0.4 is 5.32 Å². The van der Waals surface area contributed by atoms with Crippen molar-refractivity contribution in [2.75, 3.05) is 5.32 Å². The molecular formula is C28H19N3O13S4. The molecule has 6 N–H and O–H groups in total. The Bertz CT molecular complexity index is 2590. The van der Waals surface area contributed by atoms with E-state index in [0.29, 0.717) is 28.5 Å². The van der Waals surface area contributed by atoms with E-state index in [0.717, 1.165) is 18.2 Å². The third kappa shape index (κ3) is 6.71. The van der Waals surface area contributed by atoms with Gasteiger partial charge in [0.25, 0.3) is 36.3 Å². The summed E-state index contributed by atoms with van der Waals surface area (Å²) in [7, 11) is -15.4. The number of anilines is 1. The summed E-state index contributed by atoms with van der Waals surface area (Å²) in [6.07, 6.45) is 0. The Morgan fingerprint density at radius 3 is 2.00 bits per heavy atom. The van der Waals surface area contributed by atoms with Crippen molar-refractivity contribution in [3.8, 4) is 5.75 Å². The zero-order chi connectivity index (χ0) is 35.3. The van der Waals surface area contributed by atoms with Gasteiger partial charge in [0, 0.05) is 15.7 Å². The fraction of sp³-hybridized carbons (Fsp3) is 0. The Hall–Kier alpha value is -4.96. The average molecular weight is 734 g/mol. The van der Waals surface area contributed by atoms with Gasteiger partial charge in [-0.15, -0.1) is 22.9 Å². The molecule has 0 bridgehead atoms. The molecule has 0 unspecified atom stereocenters. The van der Waals surface area contributed by atoms with E-state index >= 15 is 0 Å². The first-order chi connectivity index (χ1) is 22.3. The third-order valence-electron chi connectivity index (χ3n) is 6.80. The van der Waals surface area contributed by atoms with Crippen molar-refractivity contribution < 1.29 is 58.7 Å². The minimum absolute atomic E-state index is 0.0335. The maximum absolute atomic E-state index is 13.2. The Morgan fingerprint density at radius 2 is 1.40 bits per heavy atom. The minimum atomic E-state index is -5.33. The minimum Gasteiger partial charge on any atom is -0.505 e. The number of phenolic OH excluding ortho intramolecular Hbond substituents is 1. The summed E-state index contributed by atoms with van der Waals surface area (Å²) in [5, 5.41) is 29.7. The van der Waals surface area contributed by atoms with Crippen molar-refractivity contribution in [1.29, 1.82) is 0 Å². The second-order valence-corrected chi connectivity index (χ2v) is 14.6. The zero-order valence-corrected chi connectivity index (χ0v) is 26.8. The Balaban J connectivity index is 1.80. The van der Waals surface area contributed by atoms with Gasteiger partial charge in [-0.1, -0.05) is 24.3 Å². The van der Waals surface area contributed by atoms with Gasteiger partial charge in [-0.2, -0.15) is 25.3 Å². The van der Waals surface area contributed by atoms with Gasteiger partial charge >= 0.3 is 5.97 Å². The SMILES string of the molecule is O=C(O)c1ccccc1C(=O)Nc1cc(S(=O)(=O)O)cc2cc(S(=O)(=O)O)c(N=Nc3ccc4cc(S)ccc4c3S(=O)(=O)O)c(O)c12. The number of hydrogen-bond donors (Lipinski definition) is 7. The van der Waals surface area contributed by atoms with Crippen LogP contribution in [0.15, 0.2) is 103 Å². The fourth-order valence-electron chi connectivity index (χ4n) is 4.79. The maximum atomic E-state index is 13.2. The monoisotopic (exact) mass is 733 g/mol. The van der Waals surface area contributed by atoms with Crippen LogP contribution in [0.2, 0.25) is 0 Å². The highest BCUT2D eigenvalue weighted by molar-refractivity contribution is 7.86. The second kappa shape index (κ2) is 12.2. The van der Waals surface area contributed by atoms with E-state index in [1.807, 2.05) is 0 Å². The van der Waals surface area contributed by atoms with E-state index in [1.165, 1.54) is 36.4 Å². The van der Waals surface area contributed by atoms with Crippen LogP contribution in [0.1, 0.15) is 20.7 Å². The Kier molecular flexibility index (Phi) is 8.77. The molecule has 0 radical (unpaired) electrons. The number of nitrogens with one attached hydrogen (secondary N) is 1. The molecule has 0 saturated carbocycles. The van der Waals surface area contributed by atoms with Crippen molar-refractivity contribution in [3.63, 3.8) is 0 Å². The number of azo groups is 1. The number of aromatic hydroxyl groups is 1. The molecule has 5 aromatic carbocycles. The highest BCUT2D eigenvalue weighted by Gasteiger charge is 2.27. The second-order valence-electron chi connectivity index (χ2n) is 9.89. The van der Waals surface area contributed by atoms with Crippen molar-refractivity contribution in [2.45, 2.75) is 19.6 Å². The van der Waals surface area contributed by atoms with Crippen molar-refractivity contribution in [3.05, 3.63) is 83.9 Å². The van der Waals surface area contributed by atoms with Gasteiger partial charge < -0.3 is 15.5 Å². The van der Waals surface area contributed by atoms with E-state index in [2.05, 4.69) is 28.2 Å². The lowest BCUT2D eigenvalue weighted by Crippen LogP contribution is -2.17. The van der Waals surface area contributed by atoms with Gasteiger partial charge in [-0.25, -0.2) is 4.79 Å². The fourth-order valence-corrected chi connectivity index (χ4v) is 7.04. The van der Waals surface area contributed by atoms with Gasteiger partial charge in [0.2, 0.25) is 0 Å². The van der Waals surface area contributed by atoms with Crippen LogP contribution in [0.3, 0.4) is 0 Å². The van der Waals surface area contributed by atoms with Gasteiger partial charge in [0.05, 0.1) is 21.7 Å². The molecule has 0 aliphatic carbocycles. The molecule has 0 atom stereocenters. The summed E-state index contributed by atoms with van der Waals surface area (Å²) in [6, 6.07) is 13.5. The number of carboxylic acid groups (broad SMARTS) is 1. The molecule has 248 valence electrons. The first-order valence-corrected chi connectivity index (χ1v) is 17.6. The lowest BCUT2D eigenvalue weighted by Gasteiger charge is -2.15. The largest absolute Gasteiger partial charge is 0.505 e. The molecule has 0 spiro atoms. The first-order valence-electron chi connectivity index (χ1n) is 12.8. The Labute approximate surface area is 276 Å². The molecule has 48 heavy (non-hydrogen) atoms. The average Bonchev–Trinajstić information content (AvgIpc) is 2.98. The van der Waals surface area contributed by atoms with Crippen molar-refractivity contribution in [2.24, 2.45) is 10.2 Å². The van der Waals surface area contributed by atoms with Gasteiger partial charge in [0.1, 0.15) is 21.2 Å². The number of carbonyl (C=O) groups excluding carboxylic acids is 1. The summed E-state index contributed by atoms with van der Waals surface area (Å²) >= 11 is 4.18. The summed E-state index contributed by atoms with van der Waals surface area (Å²) in [6.45, 7) is 0. The summed E-state index contributed by atoms with van der Waals surface area (Å²) in [4.78, 5) is 22.5. The number of amides is 1. The topological polar surface area (TPSA) is 274 Å². The maximum Gasteiger partial charge on any atom is 0.336 e. The molecule has 5 aromatic rings. The van der Waals surface area contributed by atoms with E-state index < -0.39 is 102 Å². The number of carboxylic acids is 1. The number of nitrogens with zero attached hydrogens (tertiary/aromatic N) is 2. The lowest BCUT2D eigenvalue weighted by atomic mass is 10.0. The van der Waals surface area contributed by atoms with Crippen LogP contribution in [-0.2, 0) is 30.4 Å². The number of hydrogen-bond acceptors (Lipinski definition) is 12. The van der Waals surface area contributed by atoms with E-state index in [-0.39, 0.29) is 5.39 Å².